The first-order valence-electron chi connectivity index (χ1n) is 10.9. The summed E-state index contributed by atoms with van der Waals surface area (Å²) >= 11 is 6.24. The minimum Gasteiger partial charge on any atom is -0.495 e. The molecule has 0 bridgehead atoms. The lowest BCUT2D eigenvalue weighted by Gasteiger charge is -2.25. The summed E-state index contributed by atoms with van der Waals surface area (Å²) in [6.45, 7) is 1.29. The largest absolute Gasteiger partial charge is 0.495 e. The average Bonchev–Trinajstić information content (AvgIpc) is 2.88. The molecule has 0 saturated carbocycles. The van der Waals surface area contributed by atoms with Crippen LogP contribution in [0.4, 0.5) is 5.69 Å². The monoisotopic (exact) mass is 522 g/mol. The van der Waals surface area contributed by atoms with Crippen LogP contribution < -0.4 is 14.5 Å². The number of anilines is 1. The van der Waals surface area contributed by atoms with Gasteiger partial charge >= 0.3 is 0 Å². The van der Waals surface area contributed by atoms with Gasteiger partial charge in [0.15, 0.2) is 0 Å². The van der Waals surface area contributed by atoms with Crippen LogP contribution >= 0.6 is 11.6 Å². The van der Waals surface area contributed by atoms with Crippen LogP contribution in [0.2, 0.25) is 5.15 Å². The molecule has 36 heavy (non-hydrogen) atoms. The van der Waals surface area contributed by atoms with E-state index in [1.807, 2.05) is 31.2 Å². The summed E-state index contributed by atoms with van der Waals surface area (Å²) in [4.78, 5) is 17.2. The SMILES string of the molecule is COc1ccc(C)cc1N(CC(=O)N/N=C\c1cc2ccccc2nc1Cl)S(=O)(=O)c1ccccc1. The van der Waals surface area contributed by atoms with Gasteiger partial charge in [-0.25, -0.2) is 18.8 Å². The molecule has 0 unspecified atom stereocenters. The van der Waals surface area contributed by atoms with Crippen molar-refractivity contribution >= 4 is 50.3 Å². The number of pyridine rings is 1. The zero-order chi connectivity index (χ0) is 25.7. The second-order valence-electron chi connectivity index (χ2n) is 7.85. The van der Waals surface area contributed by atoms with Crippen LogP contribution in [0.1, 0.15) is 11.1 Å². The van der Waals surface area contributed by atoms with Crippen molar-refractivity contribution in [3.63, 3.8) is 0 Å². The molecule has 0 radical (unpaired) electrons. The quantitative estimate of drug-likeness (QED) is 0.208. The summed E-state index contributed by atoms with van der Waals surface area (Å²) in [6, 6.07) is 22.2. The third kappa shape index (κ3) is 5.48. The zero-order valence-electron chi connectivity index (χ0n) is 19.6. The smallest absolute Gasteiger partial charge is 0.264 e. The van der Waals surface area contributed by atoms with Gasteiger partial charge in [0.05, 0.1) is 29.4 Å². The second-order valence-corrected chi connectivity index (χ2v) is 10.1. The van der Waals surface area contributed by atoms with E-state index < -0.39 is 22.5 Å². The summed E-state index contributed by atoms with van der Waals surface area (Å²) in [6.07, 6.45) is 1.36. The third-order valence-electron chi connectivity index (χ3n) is 5.32. The van der Waals surface area contributed by atoms with E-state index in [-0.39, 0.29) is 15.7 Å². The standard InChI is InChI=1S/C26H23ClN4O4S/c1-18-12-13-24(35-2)23(14-18)31(36(33,34)21-9-4-3-5-10-21)17-25(32)30-28-16-20-15-19-8-6-7-11-22(19)29-26(20)27/h3-16H,17H2,1-2H3,(H,30,32)/b28-16-. The van der Waals surface area contributed by atoms with Crippen LogP contribution in [0.3, 0.4) is 0 Å². The van der Waals surface area contributed by atoms with Gasteiger partial charge in [-0.05, 0) is 48.9 Å². The number of hydrogen-bond acceptors (Lipinski definition) is 6. The van der Waals surface area contributed by atoms with Crippen molar-refractivity contribution in [1.82, 2.24) is 10.4 Å². The Hall–Kier alpha value is -3.95. The number of hydrazone groups is 1. The number of sulfonamides is 1. The van der Waals surface area contributed by atoms with Crippen molar-refractivity contribution in [2.75, 3.05) is 18.0 Å². The first-order chi connectivity index (χ1) is 17.3. The van der Waals surface area contributed by atoms with Crippen LogP contribution in [0.15, 0.2) is 88.9 Å². The lowest BCUT2D eigenvalue weighted by atomic mass is 10.2. The van der Waals surface area contributed by atoms with Crippen LogP contribution in [0.5, 0.6) is 5.75 Å². The van der Waals surface area contributed by atoms with Crippen LogP contribution in [-0.4, -0.2) is 39.2 Å². The van der Waals surface area contributed by atoms with E-state index >= 15 is 0 Å². The molecule has 1 aromatic heterocycles. The fraction of sp³-hybridized carbons (Fsp3) is 0.115. The first kappa shape index (κ1) is 25.2. The summed E-state index contributed by atoms with van der Waals surface area (Å²) < 4.78 is 33.5. The number of carbonyl (C=O) groups is 1. The normalized spacial score (nSPS) is 11.5. The van der Waals surface area contributed by atoms with Gasteiger partial charge < -0.3 is 4.74 Å². The summed E-state index contributed by atoms with van der Waals surface area (Å²) in [5, 5.41) is 5.06. The average molecular weight is 523 g/mol. The van der Waals surface area contributed by atoms with E-state index in [0.717, 1.165) is 20.8 Å². The van der Waals surface area contributed by atoms with Gasteiger partial charge in [-0.1, -0.05) is 54.1 Å². The van der Waals surface area contributed by atoms with Gasteiger partial charge in [0.1, 0.15) is 17.4 Å². The summed E-state index contributed by atoms with van der Waals surface area (Å²) in [5.74, 6) is -0.343. The molecule has 1 heterocycles. The van der Waals surface area contributed by atoms with Gasteiger partial charge in [-0.15, -0.1) is 0 Å². The zero-order valence-corrected chi connectivity index (χ0v) is 21.1. The maximum atomic E-state index is 13.5. The Labute approximate surface area is 214 Å². The van der Waals surface area contributed by atoms with Crippen LogP contribution in [0, 0.1) is 6.92 Å². The van der Waals surface area contributed by atoms with E-state index in [2.05, 4.69) is 15.5 Å². The van der Waals surface area contributed by atoms with Gasteiger partial charge in [0.25, 0.3) is 15.9 Å². The Morgan fingerprint density at radius 3 is 2.56 bits per heavy atom. The molecule has 0 saturated heterocycles. The van der Waals surface area contributed by atoms with Gasteiger partial charge in [-0.3, -0.25) is 9.10 Å². The number of benzene rings is 3. The molecule has 0 fully saturated rings. The Kier molecular flexibility index (Phi) is 7.52. The Morgan fingerprint density at radius 1 is 1.08 bits per heavy atom. The Morgan fingerprint density at radius 2 is 1.81 bits per heavy atom. The van der Waals surface area contributed by atoms with Crippen molar-refractivity contribution in [1.29, 1.82) is 0 Å². The molecule has 4 rings (SSSR count). The van der Waals surface area contributed by atoms with Gasteiger partial charge in [0.2, 0.25) is 0 Å². The summed E-state index contributed by atoms with van der Waals surface area (Å²) in [7, 11) is -2.66. The maximum Gasteiger partial charge on any atom is 0.264 e. The molecular weight excluding hydrogens is 500 g/mol. The van der Waals surface area contributed by atoms with Crippen molar-refractivity contribution in [3.05, 3.63) is 95.1 Å². The number of carbonyl (C=O) groups excluding carboxylic acids is 1. The third-order valence-corrected chi connectivity index (χ3v) is 7.40. The number of amides is 1. The number of methoxy groups -OCH3 is 1. The molecule has 4 aromatic rings. The fourth-order valence-corrected chi connectivity index (χ4v) is 5.19. The number of halogens is 1. The highest BCUT2D eigenvalue weighted by Gasteiger charge is 2.29. The minimum atomic E-state index is -4.10. The van der Waals surface area contributed by atoms with E-state index in [1.165, 1.54) is 25.5 Å². The predicted molar refractivity (Wildman–Crippen MR) is 141 cm³/mol. The number of rotatable bonds is 8. The topological polar surface area (TPSA) is 101 Å². The lowest BCUT2D eigenvalue weighted by Crippen LogP contribution is -2.39. The van der Waals surface area contributed by atoms with Crippen molar-refractivity contribution in [2.24, 2.45) is 5.10 Å². The highest BCUT2D eigenvalue weighted by atomic mass is 35.5. The molecule has 0 spiro atoms. The van der Waals surface area contributed by atoms with Crippen molar-refractivity contribution < 1.29 is 17.9 Å². The molecule has 3 aromatic carbocycles. The van der Waals surface area contributed by atoms with Crippen molar-refractivity contribution in [2.45, 2.75) is 11.8 Å². The molecule has 1 amide bonds. The number of aromatic nitrogens is 1. The minimum absolute atomic E-state index is 0.0406. The number of nitrogens with zero attached hydrogens (tertiary/aromatic N) is 3. The molecule has 8 nitrogen and oxygen atoms in total. The van der Waals surface area contributed by atoms with E-state index in [1.54, 1.807) is 42.5 Å². The molecule has 0 aliphatic heterocycles. The number of ether oxygens (including phenoxy) is 1. The summed E-state index contributed by atoms with van der Waals surface area (Å²) in [5.41, 5.74) is 4.66. The van der Waals surface area contributed by atoms with Gasteiger partial charge in [-0.2, -0.15) is 5.10 Å². The van der Waals surface area contributed by atoms with Crippen molar-refractivity contribution in [3.8, 4) is 5.75 Å². The predicted octanol–water partition coefficient (Wildman–Crippen LogP) is 4.55. The number of para-hydroxylation sites is 1. The maximum absolute atomic E-state index is 13.5. The molecule has 0 aliphatic carbocycles. The number of hydrogen-bond donors (Lipinski definition) is 1. The highest BCUT2D eigenvalue weighted by Crippen LogP contribution is 2.33. The first-order valence-corrected chi connectivity index (χ1v) is 12.7. The van der Waals surface area contributed by atoms with E-state index in [4.69, 9.17) is 16.3 Å². The molecule has 0 aliphatic rings. The second kappa shape index (κ2) is 10.8. The Balaban J connectivity index is 1.61. The molecule has 0 atom stereocenters. The number of fused-ring (bicyclic) bond motifs is 1. The fourth-order valence-electron chi connectivity index (χ4n) is 3.55. The van der Waals surface area contributed by atoms with E-state index in [9.17, 15) is 13.2 Å². The molecule has 10 heteroatoms. The molecular formula is C26H23ClN4O4S. The van der Waals surface area contributed by atoms with Gasteiger partial charge in [0, 0.05) is 10.9 Å². The van der Waals surface area contributed by atoms with E-state index in [0.29, 0.717) is 11.3 Å². The van der Waals surface area contributed by atoms with Crippen LogP contribution in [-0.2, 0) is 14.8 Å². The number of aryl methyl sites for hydroxylation is 1. The molecule has 1 N–H and O–H groups in total. The molecule has 184 valence electrons. The highest BCUT2D eigenvalue weighted by molar-refractivity contribution is 7.92. The lowest BCUT2D eigenvalue weighted by molar-refractivity contribution is -0.119. The number of nitrogens with one attached hydrogen (secondary N) is 1. The van der Waals surface area contributed by atoms with Crippen LogP contribution in [0.25, 0.3) is 10.9 Å². The Bertz CT molecular complexity index is 1540.